The zero-order valence-corrected chi connectivity index (χ0v) is 19.6. The van der Waals surface area contributed by atoms with Crippen LogP contribution in [-0.2, 0) is 9.53 Å². The number of likely N-dealkylation sites (N-methyl/N-ethyl adjacent to an activating group) is 1. The van der Waals surface area contributed by atoms with E-state index in [0.29, 0.717) is 49.3 Å². The highest BCUT2D eigenvalue weighted by Gasteiger charge is 2.30. The standard InChI is InChI=1S/C23H18Cl2N2O4S/c1-4-10-31-20-17(24)11-14(12-18(20)25)13-19-21(28)27(3)23(32-19)26-16-8-6-15(7-9-16)22(29)30-5-2/h1,6-9,11-13H,5,10H2,2-3H3/b19-13-,26-23?. The molecule has 1 saturated heterocycles. The molecule has 2 aromatic rings. The molecule has 0 atom stereocenters. The Bertz CT molecular complexity index is 1130. The number of hydrogen-bond acceptors (Lipinski definition) is 6. The predicted octanol–water partition coefficient (Wildman–Crippen LogP) is 5.42. The number of esters is 1. The first-order valence-corrected chi connectivity index (χ1v) is 11.0. The van der Waals surface area contributed by atoms with Crippen molar-refractivity contribution in [1.29, 1.82) is 0 Å². The third-order valence-corrected chi connectivity index (χ3v) is 5.85. The summed E-state index contributed by atoms with van der Waals surface area (Å²) >= 11 is 13.7. The maximum Gasteiger partial charge on any atom is 0.338 e. The van der Waals surface area contributed by atoms with Gasteiger partial charge in [0.1, 0.15) is 6.61 Å². The normalized spacial score (nSPS) is 15.8. The number of rotatable bonds is 6. The summed E-state index contributed by atoms with van der Waals surface area (Å²) in [7, 11) is 1.64. The number of amidine groups is 1. The molecule has 0 radical (unpaired) electrons. The molecule has 32 heavy (non-hydrogen) atoms. The topological polar surface area (TPSA) is 68.2 Å². The monoisotopic (exact) mass is 488 g/mol. The Kier molecular flexibility index (Phi) is 7.86. The quantitative estimate of drug-likeness (QED) is 0.308. The van der Waals surface area contributed by atoms with Crippen molar-refractivity contribution in [1.82, 2.24) is 4.90 Å². The number of hydrogen-bond donors (Lipinski definition) is 0. The zero-order chi connectivity index (χ0) is 23.3. The molecule has 0 unspecified atom stereocenters. The van der Waals surface area contributed by atoms with E-state index in [1.54, 1.807) is 56.4 Å². The number of halogens is 2. The van der Waals surface area contributed by atoms with Crippen LogP contribution >= 0.6 is 35.0 Å². The van der Waals surface area contributed by atoms with Gasteiger partial charge in [0.2, 0.25) is 0 Å². The Morgan fingerprint density at radius 3 is 2.50 bits per heavy atom. The van der Waals surface area contributed by atoms with Crippen LogP contribution in [-0.4, -0.2) is 42.2 Å². The fourth-order valence-corrected chi connectivity index (χ4v) is 4.31. The summed E-state index contributed by atoms with van der Waals surface area (Å²) in [6.45, 7) is 2.09. The lowest BCUT2D eigenvalue weighted by Crippen LogP contribution is -2.23. The molecule has 0 bridgehead atoms. The molecule has 1 fully saturated rings. The van der Waals surface area contributed by atoms with Gasteiger partial charge in [-0.3, -0.25) is 9.69 Å². The average molecular weight is 489 g/mol. The third-order valence-electron chi connectivity index (χ3n) is 4.22. The number of thioether (sulfide) groups is 1. The number of carbonyl (C=O) groups is 2. The van der Waals surface area contributed by atoms with E-state index in [1.807, 2.05) is 0 Å². The zero-order valence-electron chi connectivity index (χ0n) is 17.2. The van der Waals surface area contributed by atoms with Crippen molar-refractivity contribution in [2.45, 2.75) is 6.92 Å². The summed E-state index contributed by atoms with van der Waals surface area (Å²) < 4.78 is 10.3. The molecule has 0 aromatic heterocycles. The van der Waals surface area contributed by atoms with Crippen molar-refractivity contribution in [3.05, 3.63) is 62.5 Å². The molecule has 9 heteroatoms. The van der Waals surface area contributed by atoms with Crippen LogP contribution in [0.1, 0.15) is 22.8 Å². The van der Waals surface area contributed by atoms with Gasteiger partial charge in [0.05, 0.1) is 32.8 Å². The lowest BCUT2D eigenvalue weighted by molar-refractivity contribution is -0.121. The molecule has 2 aromatic carbocycles. The van der Waals surface area contributed by atoms with Crippen molar-refractivity contribution in [3.63, 3.8) is 0 Å². The van der Waals surface area contributed by atoms with Crippen LogP contribution in [0.5, 0.6) is 5.75 Å². The summed E-state index contributed by atoms with van der Waals surface area (Å²) in [5.74, 6) is 2.04. The maximum atomic E-state index is 12.7. The fraction of sp³-hybridized carbons (Fsp3) is 0.174. The number of amides is 1. The van der Waals surface area contributed by atoms with Crippen LogP contribution in [0, 0.1) is 12.3 Å². The molecule has 1 aliphatic rings. The number of nitrogens with zero attached hydrogens (tertiary/aromatic N) is 2. The fourth-order valence-electron chi connectivity index (χ4n) is 2.71. The van der Waals surface area contributed by atoms with Gasteiger partial charge < -0.3 is 9.47 Å². The molecule has 1 amide bonds. The van der Waals surface area contributed by atoms with Crippen molar-refractivity contribution in [2.75, 3.05) is 20.3 Å². The summed E-state index contributed by atoms with van der Waals surface area (Å²) in [6, 6.07) is 9.92. The minimum Gasteiger partial charge on any atom is -0.478 e. The van der Waals surface area contributed by atoms with Gasteiger partial charge in [0.15, 0.2) is 10.9 Å². The van der Waals surface area contributed by atoms with Gasteiger partial charge in [-0.2, -0.15) is 0 Å². The van der Waals surface area contributed by atoms with E-state index >= 15 is 0 Å². The molecule has 0 saturated carbocycles. The number of benzene rings is 2. The van der Waals surface area contributed by atoms with Crippen LogP contribution < -0.4 is 4.74 Å². The number of terminal acetylenes is 1. The molecular formula is C23H18Cl2N2O4S. The van der Waals surface area contributed by atoms with Gasteiger partial charge in [-0.25, -0.2) is 9.79 Å². The number of carbonyl (C=O) groups excluding carboxylic acids is 2. The van der Waals surface area contributed by atoms with E-state index in [1.165, 1.54) is 16.7 Å². The van der Waals surface area contributed by atoms with E-state index < -0.39 is 5.97 Å². The van der Waals surface area contributed by atoms with Gasteiger partial charge in [0, 0.05) is 7.05 Å². The first-order chi connectivity index (χ1) is 15.3. The SMILES string of the molecule is C#CCOc1c(Cl)cc(/C=C2\SC(=Nc3ccc(C(=O)OCC)cc3)N(C)C2=O)cc1Cl. The Balaban J connectivity index is 1.82. The molecule has 0 spiro atoms. The highest BCUT2D eigenvalue weighted by Crippen LogP contribution is 2.37. The van der Waals surface area contributed by atoms with Crippen molar-refractivity contribution < 1.29 is 19.1 Å². The lowest BCUT2D eigenvalue weighted by Gasteiger charge is -2.08. The van der Waals surface area contributed by atoms with Crippen LogP contribution in [0.2, 0.25) is 10.0 Å². The third kappa shape index (κ3) is 5.46. The molecular weight excluding hydrogens is 471 g/mol. The average Bonchev–Trinajstić information content (AvgIpc) is 3.01. The second kappa shape index (κ2) is 10.6. The van der Waals surface area contributed by atoms with Crippen LogP contribution in [0.15, 0.2) is 46.3 Å². The second-order valence-electron chi connectivity index (χ2n) is 6.44. The number of aliphatic imine (C=N–C) groups is 1. The van der Waals surface area contributed by atoms with E-state index in [4.69, 9.17) is 39.1 Å². The van der Waals surface area contributed by atoms with E-state index in [-0.39, 0.29) is 12.5 Å². The van der Waals surface area contributed by atoms with E-state index in [0.717, 1.165) is 0 Å². The van der Waals surface area contributed by atoms with Gasteiger partial charge in [-0.05, 0) is 66.7 Å². The van der Waals surface area contributed by atoms with Crippen LogP contribution in [0.25, 0.3) is 6.08 Å². The Morgan fingerprint density at radius 1 is 1.25 bits per heavy atom. The van der Waals surface area contributed by atoms with E-state index in [2.05, 4.69) is 10.9 Å². The minimum atomic E-state index is -0.396. The maximum absolute atomic E-state index is 12.7. The molecule has 164 valence electrons. The Morgan fingerprint density at radius 2 is 1.91 bits per heavy atom. The number of ether oxygens (including phenoxy) is 2. The van der Waals surface area contributed by atoms with Crippen molar-refractivity contribution in [3.8, 4) is 18.1 Å². The first-order valence-electron chi connectivity index (χ1n) is 9.42. The summed E-state index contributed by atoms with van der Waals surface area (Å²) in [6.07, 6.45) is 6.88. The summed E-state index contributed by atoms with van der Waals surface area (Å²) in [4.78, 5) is 30.9. The summed E-state index contributed by atoms with van der Waals surface area (Å²) in [5.41, 5.74) is 1.67. The molecule has 0 aliphatic carbocycles. The largest absolute Gasteiger partial charge is 0.478 e. The van der Waals surface area contributed by atoms with Crippen molar-refractivity contribution in [2.24, 2.45) is 4.99 Å². The van der Waals surface area contributed by atoms with Gasteiger partial charge in [0.25, 0.3) is 5.91 Å². The minimum absolute atomic E-state index is 0.0413. The van der Waals surface area contributed by atoms with Gasteiger partial charge in [-0.1, -0.05) is 29.1 Å². The molecule has 3 rings (SSSR count). The Hall–Kier alpha value is -2.92. The Labute approximate surface area is 200 Å². The van der Waals surface area contributed by atoms with Crippen molar-refractivity contribution >= 4 is 63.8 Å². The second-order valence-corrected chi connectivity index (χ2v) is 8.27. The lowest BCUT2D eigenvalue weighted by atomic mass is 10.2. The highest BCUT2D eigenvalue weighted by molar-refractivity contribution is 8.18. The van der Waals surface area contributed by atoms with Crippen LogP contribution in [0.4, 0.5) is 5.69 Å². The molecule has 0 N–H and O–H groups in total. The predicted molar refractivity (Wildman–Crippen MR) is 129 cm³/mol. The summed E-state index contributed by atoms with van der Waals surface area (Å²) in [5, 5.41) is 1.08. The molecule has 1 heterocycles. The van der Waals surface area contributed by atoms with Gasteiger partial charge >= 0.3 is 5.97 Å². The molecule has 1 aliphatic heterocycles. The molecule has 6 nitrogen and oxygen atoms in total. The van der Waals surface area contributed by atoms with Gasteiger partial charge in [-0.15, -0.1) is 6.42 Å². The van der Waals surface area contributed by atoms with Crippen LogP contribution in [0.3, 0.4) is 0 Å². The van der Waals surface area contributed by atoms with E-state index in [9.17, 15) is 9.59 Å². The highest BCUT2D eigenvalue weighted by atomic mass is 35.5. The smallest absolute Gasteiger partial charge is 0.338 e. The first kappa shape index (κ1) is 23.7.